The molecule has 8 heteroatoms. The number of rotatable bonds is 8. The number of H-pyrrole nitrogens is 1. The predicted octanol–water partition coefficient (Wildman–Crippen LogP) is 4.18. The summed E-state index contributed by atoms with van der Waals surface area (Å²) in [6, 6.07) is 15.3. The Kier molecular flexibility index (Phi) is 6.08. The number of aryl methyl sites for hydroxylation is 1. The van der Waals surface area contributed by atoms with Gasteiger partial charge in [0.05, 0.1) is 19.8 Å². The highest BCUT2D eigenvalue weighted by Crippen LogP contribution is 2.34. The van der Waals surface area contributed by atoms with E-state index in [1.165, 1.54) is 7.11 Å². The fourth-order valence-electron chi connectivity index (χ4n) is 3.74. The number of methoxy groups -OCH3 is 2. The topological polar surface area (TPSA) is 114 Å². The molecular formula is C25H24N2O6. The quantitative estimate of drug-likeness (QED) is 0.373. The van der Waals surface area contributed by atoms with Gasteiger partial charge in [-0.25, -0.2) is 4.79 Å². The Balaban J connectivity index is 1.54. The standard InChI is InChI=1S/C25H24N2O6/c1-14-18(13-22(33-14)16-8-9-21(31-2)23(11-16)32-3)24(28)27-20(25(29)30)12-17-10-15-6-4-5-7-19(15)26-17/h4-11,13,20,26H,12H2,1-3H3,(H,27,28)(H,29,30)/t20-/m0/s1. The van der Waals surface area contributed by atoms with Crippen LogP contribution >= 0.6 is 0 Å². The first-order valence-corrected chi connectivity index (χ1v) is 10.3. The van der Waals surface area contributed by atoms with Crippen LogP contribution in [0.15, 0.2) is 59.0 Å². The van der Waals surface area contributed by atoms with Gasteiger partial charge in [0.25, 0.3) is 5.91 Å². The number of para-hydroxylation sites is 1. The minimum absolute atomic E-state index is 0.120. The number of furan rings is 1. The van der Waals surface area contributed by atoms with E-state index >= 15 is 0 Å². The van der Waals surface area contributed by atoms with Crippen LogP contribution in [-0.4, -0.2) is 42.2 Å². The van der Waals surface area contributed by atoms with Crippen molar-refractivity contribution in [3.05, 3.63) is 71.6 Å². The van der Waals surface area contributed by atoms with Crippen LogP contribution in [-0.2, 0) is 11.2 Å². The van der Waals surface area contributed by atoms with Crippen LogP contribution in [0, 0.1) is 6.92 Å². The van der Waals surface area contributed by atoms with Gasteiger partial charge in [-0.15, -0.1) is 0 Å². The number of fused-ring (bicyclic) bond motifs is 1. The van der Waals surface area contributed by atoms with E-state index in [0.717, 1.165) is 16.6 Å². The van der Waals surface area contributed by atoms with Crippen LogP contribution in [0.1, 0.15) is 21.8 Å². The number of aliphatic carboxylic acids is 1. The molecule has 0 unspecified atom stereocenters. The maximum Gasteiger partial charge on any atom is 0.326 e. The van der Waals surface area contributed by atoms with E-state index in [4.69, 9.17) is 13.9 Å². The fraction of sp³-hybridized carbons (Fsp3) is 0.200. The monoisotopic (exact) mass is 448 g/mol. The van der Waals surface area contributed by atoms with Crippen molar-refractivity contribution in [1.29, 1.82) is 0 Å². The fourth-order valence-corrected chi connectivity index (χ4v) is 3.74. The van der Waals surface area contributed by atoms with Gasteiger partial charge in [0, 0.05) is 23.2 Å². The summed E-state index contributed by atoms with van der Waals surface area (Å²) in [5.41, 5.74) is 2.59. The lowest BCUT2D eigenvalue weighted by molar-refractivity contribution is -0.139. The first-order chi connectivity index (χ1) is 15.9. The van der Waals surface area contributed by atoms with Crippen molar-refractivity contribution in [2.24, 2.45) is 0 Å². The second-order valence-corrected chi connectivity index (χ2v) is 7.60. The highest BCUT2D eigenvalue weighted by molar-refractivity contribution is 5.98. The number of hydrogen-bond acceptors (Lipinski definition) is 5. The Morgan fingerprint density at radius 2 is 1.82 bits per heavy atom. The number of benzene rings is 2. The number of carbonyl (C=O) groups excluding carboxylic acids is 1. The van der Waals surface area contributed by atoms with Gasteiger partial charge in [-0.1, -0.05) is 18.2 Å². The number of aromatic nitrogens is 1. The van der Waals surface area contributed by atoms with Crippen molar-refractivity contribution in [2.75, 3.05) is 14.2 Å². The van der Waals surface area contributed by atoms with Crippen molar-refractivity contribution in [1.82, 2.24) is 10.3 Å². The average molecular weight is 448 g/mol. The third-order valence-electron chi connectivity index (χ3n) is 5.44. The van der Waals surface area contributed by atoms with Gasteiger partial charge in [0.1, 0.15) is 17.6 Å². The Bertz CT molecular complexity index is 1290. The molecule has 2 heterocycles. The summed E-state index contributed by atoms with van der Waals surface area (Å²) in [5, 5.41) is 13.3. The van der Waals surface area contributed by atoms with Gasteiger partial charge < -0.3 is 29.3 Å². The number of carboxylic acids is 1. The normalized spacial score (nSPS) is 11.8. The highest BCUT2D eigenvalue weighted by Gasteiger charge is 2.25. The Labute approximate surface area is 190 Å². The van der Waals surface area contributed by atoms with E-state index in [0.29, 0.717) is 28.6 Å². The van der Waals surface area contributed by atoms with Gasteiger partial charge in [0.15, 0.2) is 11.5 Å². The molecule has 8 nitrogen and oxygen atoms in total. The van der Waals surface area contributed by atoms with E-state index in [-0.39, 0.29) is 12.0 Å². The molecule has 0 aliphatic carbocycles. The summed E-state index contributed by atoms with van der Waals surface area (Å²) < 4.78 is 16.4. The third-order valence-corrected chi connectivity index (χ3v) is 5.44. The van der Waals surface area contributed by atoms with Gasteiger partial charge >= 0.3 is 5.97 Å². The van der Waals surface area contributed by atoms with E-state index < -0.39 is 17.9 Å². The number of carbonyl (C=O) groups is 2. The average Bonchev–Trinajstić information content (AvgIpc) is 3.40. The molecule has 0 aliphatic heterocycles. The van der Waals surface area contributed by atoms with Crippen LogP contribution in [0.25, 0.3) is 22.2 Å². The van der Waals surface area contributed by atoms with Gasteiger partial charge in [0.2, 0.25) is 0 Å². The smallest absolute Gasteiger partial charge is 0.326 e. The van der Waals surface area contributed by atoms with Crippen molar-refractivity contribution < 1.29 is 28.6 Å². The molecule has 2 aromatic heterocycles. The lowest BCUT2D eigenvalue weighted by Crippen LogP contribution is -2.42. The molecular weight excluding hydrogens is 424 g/mol. The van der Waals surface area contributed by atoms with Crippen LogP contribution < -0.4 is 14.8 Å². The molecule has 33 heavy (non-hydrogen) atoms. The molecule has 1 atom stereocenters. The van der Waals surface area contributed by atoms with Crippen LogP contribution in [0.3, 0.4) is 0 Å². The molecule has 3 N–H and O–H groups in total. The van der Waals surface area contributed by atoms with E-state index in [1.807, 2.05) is 30.3 Å². The Morgan fingerprint density at radius 3 is 2.52 bits per heavy atom. The number of carboxylic acid groups (broad SMARTS) is 1. The zero-order chi connectivity index (χ0) is 23.5. The molecule has 0 radical (unpaired) electrons. The summed E-state index contributed by atoms with van der Waals surface area (Å²) >= 11 is 0. The van der Waals surface area contributed by atoms with E-state index in [9.17, 15) is 14.7 Å². The van der Waals surface area contributed by atoms with Crippen LogP contribution in [0.5, 0.6) is 11.5 Å². The molecule has 2 aromatic carbocycles. The zero-order valence-electron chi connectivity index (χ0n) is 18.5. The maximum atomic E-state index is 12.9. The molecule has 170 valence electrons. The molecule has 4 rings (SSSR count). The summed E-state index contributed by atoms with van der Waals surface area (Å²) in [6.07, 6.45) is 0.120. The molecule has 1 amide bonds. The number of ether oxygens (including phenoxy) is 2. The van der Waals surface area contributed by atoms with E-state index in [1.54, 1.807) is 38.3 Å². The first-order valence-electron chi connectivity index (χ1n) is 10.3. The molecule has 0 spiro atoms. The number of amides is 1. The minimum Gasteiger partial charge on any atom is -0.493 e. The van der Waals surface area contributed by atoms with Crippen LogP contribution in [0.2, 0.25) is 0 Å². The number of nitrogens with one attached hydrogen (secondary N) is 2. The Morgan fingerprint density at radius 1 is 1.06 bits per heavy atom. The van der Waals surface area contributed by atoms with Crippen molar-refractivity contribution in [3.8, 4) is 22.8 Å². The largest absolute Gasteiger partial charge is 0.493 e. The lowest BCUT2D eigenvalue weighted by atomic mass is 10.1. The molecule has 0 fully saturated rings. The maximum absolute atomic E-state index is 12.9. The van der Waals surface area contributed by atoms with Crippen molar-refractivity contribution in [3.63, 3.8) is 0 Å². The Hall–Kier alpha value is -4.20. The SMILES string of the molecule is COc1ccc(-c2cc(C(=O)N[C@@H](Cc3cc4ccccc4[nH]3)C(=O)O)c(C)o2)cc1OC. The molecule has 0 saturated carbocycles. The second-order valence-electron chi connectivity index (χ2n) is 7.60. The highest BCUT2D eigenvalue weighted by atomic mass is 16.5. The summed E-state index contributed by atoms with van der Waals surface area (Å²) in [6.45, 7) is 1.66. The molecule has 0 saturated heterocycles. The van der Waals surface area contributed by atoms with Gasteiger partial charge in [-0.3, -0.25) is 4.79 Å². The predicted molar refractivity (Wildman–Crippen MR) is 123 cm³/mol. The first kappa shape index (κ1) is 22.0. The van der Waals surface area contributed by atoms with Crippen molar-refractivity contribution >= 4 is 22.8 Å². The van der Waals surface area contributed by atoms with E-state index in [2.05, 4.69) is 10.3 Å². The zero-order valence-corrected chi connectivity index (χ0v) is 18.5. The van der Waals surface area contributed by atoms with Gasteiger partial charge in [-0.05, 0) is 48.7 Å². The van der Waals surface area contributed by atoms with Crippen LogP contribution in [0.4, 0.5) is 0 Å². The van der Waals surface area contributed by atoms with Crippen molar-refractivity contribution in [2.45, 2.75) is 19.4 Å². The number of aromatic amines is 1. The molecule has 0 aliphatic rings. The summed E-state index contributed by atoms with van der Waals surface area (Å²) in [7, 11) is 3.08. The summed E-state index contributed by atoms with van der Waals surface area (Å²) in [4.78, 5) is 28.0. The molecule has 0 bridgehead atoms. The second kappa shape index (κ2) is 9.12. The minimum atomic E-state index is -1.12. The molecule has 4 aromatic rings. The third kappa shape index (κ3) is 4.55. The lowest BCUT2D eigenvalue weighted by Gasteiger charge is -2.13. The van der Waals surface area contributed by atoms with Gasteiger partial charge in [-0.2, -0.15) is 0 Å². The number of hydrogen-bond donors (Lipinski definition) is 3. The summed E-state index contributed by atoms with van der Waals surface area (Å²) in [5.74, 6) is 0.297.